The van der Waals surface area contributed by atoms with E-state index < -0.39 is 16.6 Å². The minimum Gasteiger partial charge on any atom is -0.408 e. The number of rotatable bonds is 9. The molecule has 0 aromatic carbocycles. The van der Waals surface area contributed by atoms with Crippen molar-refractivity contribution < 1.29 is 14.0 Å². The Bertz CT molecular complexity index is 443. The summed E-state index contributed by atoms with van der Waals surface area (Å²) in [6.07, 6.45) is 6.20. The van der Waals surface area contributed by atoms with Gasteiger partial charge >= 0.3 is 0 Å². The van der Waals surface area contributed by atoms with E-state index in [0.29, 0.717) is 6.42 Å². The summed E-state index contributed by atoms with van der Waals surface area (Å²) in [6.45, 7) is 26.6. The number of hydrogen-bond donors (Lipinski definition) is 1. The highest BCUT2D eigenvalue weighted by Crippen LogP contribution is 2.40. The first-order valence-electron chi connectivity index (χ1n) is 9.35. The second-order valence-electron chi connectivity index (χ2n) is 9.86. The molecule has 0 heterocycles. The second kappa shape index (κ2) is 9.13. The van der Waals surface area contributed by atoms with Gasteiger partial charge < -0.3 is 14.0 Å². The van der Waals surface area contributed by atoms with Gasteiger partial charge in [-0.1, -0.05) is 59.8 Å². The SMILES string of the molecule is C=C[C@H](O[Si](C)(C)C(C)(C)C)[C@H](C=CCCO)O[Si](C)(C)C(C)(C)C. The maximum absolute atomic E-state index is 9.10. The molecule has 0 spiro atoms. The van der Waals surface area contributed by atoms with Crippen LogP contribution in [-0.2, 0) is 8.85 Å². The molecule has 0 aromatic heterocycles. The highest BCUT2D eigenvalue weighted by molar-refractivity contribution is 6.74. The van der Waals surface area contributed by atoms with E-state index in [1.54, 1.807) is 0 Å². The topological polar surface area (TPSA) is 38.7 Å². The smallest absolute Gasteiger partial charge is 0.193 e. The molecule has 0 aliphatic heterocycles. The monoisotopic (exact) mass is 386 g/mol. The first-order chi connectivity index (χ1) is 11.1. The molecule has 0 rings (SSSR count). The van der Waals surface area contributed by atoms with Gasteiger partial charge in [-0.25, -0.2) is 0 Å². The zero-order chi connectivity index (χ0) is 20.1. The summed E-state index contributed by atoms with van der Waals surface area (Å²) in [7, 11) is -3.89. The van der Waals surface area contributed by atoms with Gasteiger partial charge in [-0.3, -0.25) is 0 Å². The Morgan fingerprint density at radius 3 is 1.60 bits per heavy atom. The summed E-state index contributed by atoms with van der Waals surface area (Å²) in [4.78, 5) is 0. The quantitative estimate of drug-likeness (QED) is 0.396. The Morgan fingerprint density at radius 2 is 1.28 bits per heavy atom. The normalized spacial score (nSPS) is 16.9. The minimum atomic E-state index is -1.95. The zero-order valence-electron chi connectivity index (χ0n) is 18.3. The van der Waals surface area contributed by atoms with Crippen molar-refractivity contribution in [2.24, 2.45) is 0 Å². The molecule has 2 atom stereocenters. The van der Waals surface area contributed by atoms with E-state index in [2.05, 4.69) is 80.4 Å². The van der Waals surface area contributed by atoms with E-state index in [-0.39, 0.29) is 28.9 Å². The molecule has 0 aliphatic rings. The van der Waals surface area contributed by atoms with Crippen LogP contribution < -0.4 is 0 Å². The van der Waals surface area contributed by atoms with Gasteiger partial charge in [0.05, 0.1) is 12.2 Å². The van der Waals surface area contributed by atoms with E-state index in [4.69, 9.17) is 14.0 Å². The summed E-state index contributed by atoms with van der Waals surface area (Å²) < 4.78 is 13.3. The maximum Gasteiger partial charge on any atom is 0.193 e. The van der Waals surface area contributed by atoms with Crippen LogP contribution in [0.3, 0.4) is 0 Å². The van der Waals surface area contributed by atoms with Crippen LogP contribution in [0.1, 0.15) is 48.0 Å². The fraction of sp³-hybridized carbons (Fsp3) is 0.800. The largest absolute Gasteiger partial charge is 0.408 e. The van der Waals surface area contributed by atoms with Crippen LogP contribution in [0.4, 0.5) is 0 Å². The van der Waals surface area contributed by atoms with Crippen LogP contribution in [0.2, 0.25) is 36.3 Å². The van der Waals surface area contributed by atoms with Crippen molar-refractivity contribution >= 4 is 16.6 Å². The van der Waals surface area contributed by atoms with Crippen LogP contribution in [0, 0.1) is 0 Å². The molecule has 0 unspecified atom stereocenters. The van der Waals surface area contributed by atoms with Gasteiger partial charge in [0, 0.05) is 6.61 Å². The highest BCUT2D eigenvalue weighted by Gasteiger charge is 2.43. The van der Waals surface area contributed by atoms with Crippen LogP contribution in [0.25, 0.3) is 0 Å². The summed E-state index contributed by atoms with van der Waals surface area (Å²) in [6, 6.07) is 0. The second-order valence-corrected chi connectivity index (χ2v) is 19.4. The molecule has 25 heavy (non-hydrogen) atoms. The third kappa shape index (κ3) is 7.51. The van der Waals surface area contributed by atoms with Crippen molar-refractivity contribution in [2.45, 2.75) is 96.4 Å². The van der Waals surface area contributed by atoms with Crippen LogP contribution in [0.5, 0.6) is 0 Å². The van der Waals surface area contributed by atoms with Gasteiger partial charge in [-0.15, -0.1) is 6.58 Å². The summed E-state index contributed by atoms with van der Waals surface area (Å²) in [5, 5.41) is 9.36. The fourth-order valence-corrected chi connectivity index (χ4v) is 4.31. The predicted octanol–water partition coefficient (Wildman–Crippen LogP) is 5.89. The first-order valence-corrected chi connectivity index (χ1v) is 15.2. The van der Waals surface area contributed by atoms with Crippen LogP contribution in [0.15, 0.2) is 24.8 Å². The third-order valence-corrected chi connectivity index (χ3v) is 14.6. The predicted molar refractivity (Wildman–Crippen MR) is 115 cm³/mol. The molecule has 1 N–H and O–H groups in total. The minimum absolute atomic E-state index is 0.124. The lowest BCUT2D eigenvalue weighted by atomic mass is 10.2. The lowest BCUT2D eigenvalue weighted by molar-refractivity contribution is 0.0938. The van der Waals surface area contributed by atoms with Crippen molar-refractivity contribution in [1.82, 2.24) is 0 Å². The van der Waals surface area contributed by atoms with E-state index >= 15 is 0 Å². The van der Waals surface area contributed by atoms with Gasteiger partial charge in [0.25, 0.3) is 0 Å². The van der Waals surface area contributed by atoms with Crippen molar-refractivity contribution in [3.63, 3.8) is 0 Å². The average Bonchev–Trinajstić information content (AvgIpc) is 2.41. The van der Waals surface area contributed by atoms with E-state index in [1.165, 1.54) is 0 Å². The molecule has 3 nitrogen and oxygen atoms in total. The molecule has 0 amide bonds. The molecule has 0 saturated carbocycles. The highest BCUT2D eigenvalue weighted by atomic mass is 28.4. The summed E-state index contributed by atoms with van der Waals surface area (Å²) in [5.41, 5.74) is 0. The van der Waals surface area contributed by atoms with Crippen LogP contribution in [-0.4, -0.2) is 40.6 Å². The average molecular weight is 387 g/mol. The lowest BCUT2D eigenvalue weighted by Gasteiger charge is -2.43. The first kappa shape index (κ1) is 24.8. The summed E-state index contributed by atoms with van der Waals surface area (Å²) >= 11 is 0. The number of aliphatic hydroxyl groups excluding tert-OH is 1. The van der Waals surface area contributed by atoms with E-state index in [1.807, 2.05) is 12.2 Å². The van der Waals surface area contributed by atoms with Gasteiger partial charge in [-0.05, 0) is 42.7 Å². The molecule has 0 aromatic rings. The molecule has 5 heteroatoms. The molecular weight excluding hydrogens is 344 g/mol. The Balaban J connectivity index is 5.60. The van der Waals surface area contributed by atoms with Crippen molar-refractivity contribution in [2.75, 3.05) is 6.61 Å². The van der Waals surface area contributed by atoms with E-state index in [0.717, 1.165) is 0 Å². The Hall–Kier alpha value is -0.206. The van der Waals surface area contributed by atoms with Crippen molar-refractivity contribution in [1.29, 1.82) is 0 Å². The molecule has 148 valence electrons. The molecule has 0 fully saturated rings. The zero-order valence-corrected chi connectivity index (χ0v) is 20.3. The number of hydrogen-bond acceptors (Lipinski definition) is 3. The molecular formula is C20H42O3Si2. The van der Waals surface area contributed by atoms with E-state index in [9.17, 15) is 0 Å². The van der Waals surface area contributed by atoms with Gasteiger partial charge in [0.1, 0.15) is 0 Å². The molecule has 0 saturated heterocycles. The Labute approximate surface area is 158 Å². The molecule has 0 bridgehead atoms. The fourth-order valence-electron chi connectivity index (χ4n) is 1.80. The van der Waals surface area contributed by atoms with Crippen LogP contribution >= 0.6 is 0 Å². The van der Waals surface area contributed by atoms with Gasteiger partial charge in [0.15, 0.2) is 16.6 Å². The molecule has 0 aliphatic carbocycles. The lowest BCUT2D eigenvalue weighted by Crippen LogP contribution is -2.50. The van der Waals surface area contributed by atoms with Gasteiger partial charge in [-0.2, -0.15) is 0 Å². The Morgan fingerprint density at radius 1 is 0.880 bits per heavy atom. The van der Waals surface area contributed by atoms with Gasteiger partial charge in [0.2, 0.25) is 0 Å². The standard InChI is InChI=1S/C20H42O3Si2/c1-12-17(22-24(8,9)19(2,3)4)18(15-13-14-16-21)23-25(10,11)20(5,6)7/h12-13,15,17-18,21H,1,14,16H2,2-11H3/t17-,18-/m0/s1. The number of aliphatic hydroxyl groups is 1. The van der Waals surface area contributed by atoms with Crippen molar-refractivity contribution in [3.8, 4) is 0 Å². The summed E-state index contributed by atoms with van der Waals surface area (Å²) in [5.74, 6) is 0. The maximum atomic E-state index is 9.10. The third-order valence-electron chi connectivity index (χ3n) is 5.65. The Kier molecular flexibility index (Phi) is 9.06. The molecule has 0 radical (unpaired) electrons. The van der Waals surface area contributed by atoms with Crippen molar-refractivity contribution in [3.05, 3.63) is 24.8 Å².